The molecule has 1 spiro atoms. The number of hydrogen-bond donors (Lipinski definition) is 2. The summed E-state index contributed by atoms with van der Waals surface area (Å²) in [6.45, 7) is 4.75. The van der Waals surface area contributed by atoms with Gasteiger partial charge in [0.2, 0.25) is 0 Å². The van der Waals surface area contributed by atoms with Crippen LogP contribution in [0.25, 0.3) is 39.1 Å². The molecule has 2 heteroatoms. The number of hydrogen-bond acceptors (Lipinski definition) is 2. The molecule has 0 aliphatic heterocycles. The molecule has 0 aromatic heterocycles. The van der Waals surface area contributed by atoms with E-state index < -0.39 is 11.6 Å². The SMILES string of the molecule is CC1(C)c2ccccc2C2(c3ccccc3-c3cc(-c4ccc(C(N)NC(/C=C/c5ccccc5)c5ccccc5)c5ccccc45)ccc32)c2ccccc21. The molecular weight excluding hydrogens is 677 g/mol. The average Bonchev–Trinajstić information content (AvgIpc) is 3.55. The molecule has 56 heavy (non-hydrogen) atoms. The molecule has 8 aromatic rings. The predicted octanol–water partition coefficient (Wildman–Crippen LogP) is 12.5. The summed E-state index contributed by atoms with van der Waals surface area (Å²) in [5.41, 5.74) is 23.2. The van der Waals surface area contributed by atoms with E-state index in [2.05, 4.69) is 213 Å². The van der Waals surface area contributed by atoms with Crippen molar-refractivity contribution in [2.75, 3.05) is 0 Å². The van der Waals surface area contributed by atoms with Gasteiger partial charge in [0.1, 0.15) is 0 Å². The zero-order chi connectivity index (χ0) is 37.9. The van der Waals surface area contributed by atoms with Gasteiger partial charge in [-0.3, -0.25) is 5.32 Å². The number of fused-ring (bicyclic) bond motifs is 10. The van der Waals surface area contributed by atoms with E-state index in [0.29, 0.717) is 0 Å². The molecule has 2 nitrogen and oxygen atoms in total. The van der Waals surface area contributed by atoms with Crippen molar-refractivity contribution < 1.29 is 0 Å². The summed E-state index contributed by atoms with van der Waals surface area (Å²) in [4.78, 5) is 0. The van der Waals surface area contributed by atoms with Crippen LogP contribution in [0.5, 0.6) is 0 Å². The van der Waals surface area contributed by atoms with Crippen LogP contribution in [0, 0.1) is 0 Å². The third kappa shape index (κ3) is 5.25. The lowest BCUT2D eigenvalue weighted by Gasteiger charge is -2.46. The van der Waals surface area contributed by atoms with Crippen molar-refractivity contribution in [1.29, 1.82) is 0 Å². The molecule has 0 fully saturated rings. The lowest BCUT2D eigenvalue weighted by molar-refractivity contribution is 0.512. The van der Waals surface area contributed by atoms with Crippen LogP contribution in [0.3, 0.4) is 0 Å². The third-order valence-corrected chi connectivity index (χ3v) is 12.5. The Hall–Kier alpha value is -6.32. The Labute approximate surface area is 330 Å². The second-order valence-corrected chi connectivity index (χ2v) is 15.8. The number of nitrogens with two attached hydrogens (primary N) is 1. The Balaban J connectivity index is 1.08. The minimum Gasteiger partial charge on any atom is -0.312 e. The van der Waals surface area contributed by atoms with E-state index in [0.717, 1.165) is 16.5 Å². The molecule has 270 valence electrons. The number of benzene rings is 8. The summed E-state index contributed by atoms with van der Waals surface area (Å²) in [6.07, 6.45) is 3.97. The maximum absolute atomic E-state index is 7.12. The van der Waals surface area contributed by atoms with Gasteiger partial charge in [-0.25, -0.2) is 0 Å². The fourth-order valence-electron chi connectivity index (χ4n) is 9.86. The molecule has 0 saturated heterocycles. The van der Waals surface area contributed by atoms with Crippen LogP contribution < -0.4 is 11.1 Å². The number of rotatable bonds is 7. The van der Waals surface area contributed by atoms with E-state index in [9.17, 15) is 0 Å². The molecular formula is C54H44N2. The molecule has 0 bridgehead atoms. The van der Waals surface area contributed by atoms with Crippen molar-refractivity contribution in [3.63, 3.8) is 0 Å². The quantitative estimate of drug-likeness (QED) is 0.161. The van der Waals surface area contributed by atoms with Crippen molar-refractivity contribution in [1.82, 2.24) is 5.32 Å². The summed E-state index contributed by atoms with van der Waals surface area (Å²) >= 11 is 0. The van der Waals surface area contributed by atoms with Gasteiger partial charge in [0.25, 0.3) is 0 Å². The van der Waals surface area contributed by atoms with E-state index in [-0.39, 0.29) is 11.5 Å². The first kappa shape index (κ1) is 34.2. The van der Waals surface area contributed by atoms with Gasteiger partial charge in [-0.15, -0.1) is 0 Å². The van der Waals surface area contributed by atoms with Gasteiger partial charge >= 0.3 is 0 Å². The van der Waals surface area contributed by atoms with Crippen molar-refractivity contribution in [2.24, 2.45) is 5.73 Å². The maximum Gasteiger partial charge on any atom is 0.0823 e. The van der Waals surface area contributed by atoms with Crippen molar-refractivity contribution in [2.45, 2.75) is 36.9 Å². The van der Waals surface area contributed by atoms with E-state index in [1.54, 1.807) is 0 Å². The smallest absolute Gasteiger partial charge is 0.0823 e. The Morgan fingerprint density at radius 2 is 1.04 bits per heavy atom. The van der Waals surface area contributed by atoms with Crippen molar-refractivity contribution >= 4 is 16.8 Å². The monoisotopic (exact) mass is 720 g/mol. The van der Waals surface area contributed by atoms with Crippen LogP contribution in [-0.4, -0.2) is 0 Å². The highest BCUT2D eigenvalue weighted by Crippen LogP contribution is 2.62. The summed E-state index contributed by atoms with van der Waals surface area (Å²) in [5, 5.41) is 6.10. The van der Waals surface area contributed by atoms with Crippen molar-refractivity contribution in [3.05, 3.63) is 244 Å². The van der Waals surface area contributed by atoms with Gasteiger partial charge in [0.15, 0.2) is 0 Å². The van der Waals surface area contributed by atoms with Crippen molar-refractivity contribution in [3.8, 4) is 22.3 Å². The molecule has 0 heterocycles. The topological polar surface area (TPSA) is 38.0 Å². The molecule has 2 aliphatic rings. The Kier molecular flexibility index (Phi) is 8.22. The van der Waals surface area contributed by atoms with Gasteiger partial charge in [-0.2, -0.15) is 0 Å². The molecule has 2 unspecified atom stereocenters. The second kappa shape index (κ2) is 13.5. The first-order chi connectivity index (χ1) is 27.5. The molecule has 3 N–H and O–H groups in total. The van der Waals surface area contributed by atoms with Crippen LogP contribution in [0.2, 0.25) is 0 Å². The van der Waals surface area contributed by atoms with Gasteiger partial charge < -0.3 is 5.73 Å². The Morgan fingerprint density at radius 3 is 1.73 bits per heavy atom. The third-order valence-electron chi connectivity index (χ3n) is 12.5. The molecule has 2 atom stereocenters. The van der Waals surface area contributed by atoms with Gasteiger partial charge in [0.05, 0.1) is 17.6 Å². The molecule has 0 saturated carbocycles. The average molecular weight is 721 g/mol. The zero-order valence-corrected chi connectivity index (χ0v) is 31.8. The van der Waals surface area contributed by atoms with Gasteiger partial charge in [-0.1, -0.05) is 208 Å². The zero-order valence-electron chi connectivity index (χ0n) is 31.8. The van der Waals surface area contributed by atoms with Crippen LogP contribution in [0.4, 0.5) is 0 Å². The largest absolute Gasteiger partial charge is 0.312 e. The lowest BCUT2D eigenvalue weighted by atomic mass is 9.55. The van der Waals surface area contributed by atoms with Crippen LogP contribution in [-0.2, 0) is 10.8 Å². The minimum atomic E-state index is -0.401. The Bertz CT molecular complexity index is 2730. The Morgan fingerprint density at radius 1 is 0.482 bits per heavy atom. The van der Waals surface area contributed by atoms with Gasteiger partial charge in [0, 0.05) is 5.41 Å². The highest BCUT2D eigenvalue weighted by Gasteiger charge is 2.53. The van der Waals surface area contributed by atoms with Crippen LogP contribution in [0.15, 0.2) is 194 Å². The highest BCUT2D eigenvalue weighted by atomic mass is 15.0. The lowest BCUT2D eigenvalue weighted by Crippen LogP contribution is -2.40. The minimum absolute atomic E-state index is 0.0745. The summed E-state index contributed by atoms with van der Waals surface area (Å²) in [5.74, 6) is 0. The predicted molar refractivity (Wildman–Crippen MR) is 234 cm³/mol. The van der Waals surface area contributed by atoms with E-state index in [1.807, 2.05) is 6.07 Å². The van der Waals surface area contributed by atoms with Crippen LogP contribution >= 0.6 is 0 Å². The maximum atomic E-state index is 7.12. The van der Waals surface area contributed by atoms with E-state index in [1.165, 1.54) is 66.6 Å². The fraction of sp³-hybridized carbons (Fsp3) is 0.111. The van der Waals surface area contributed by atoms with E-state index in [4.69, 9.17) is 5.73 Å². The summed E-state index contributed by atoms with van der Waals surface area (Å²) in [7, 11) is 0. The van der Waals surface area contributed by atoms with Gasteiger partial charge in [-0.05, 0) is 89.2 Å². The standard InChI is InChI=1S/C54H44N2/c1-53(2)47-25-13-15-27-49(47)54(50-28-16-14-26-48(50)53)45-24-12-11-23-42(45)44-35-38(30-33-46(44)54)39-31-32-43(41-22-10-9-21-40(39)41)52(55)56-51(37-19-7-4-8-20-37)34-29-36-17-5-3-6-18-36/h3-35,51-52,56H,55H2,1-2H3/b34-29+. The second-order valence-electron chi connectivity index (χ2n) is 15.8. The molecule has 0 radical (unpaired) electrons. The fourth-order valence-corrected chi connectivity index (χ4v) is 9.86. The highest BCUT2D eigenvalue weighted by molar-refractivity contribution is 6.00. The first-order valence-corrected chi connectivity index (χ1v) is 19.7. The van der Waals surface area contributed by atoms with E-state index >= 15 is 0 Å². The summed E-state index contributed by atoms with van der Waals surface area (Å²) < 4.78 is 0. The summed E-state index contributed by atoms with van der Waals surface area (Å²) in [6, 6.07) is 68.6. The molecule has 10 rings (SSSR count). The van der Waals surface area contributed by atoms with Crippen LogP contribution in [0.1, 0.15) is 76.1 Å². The molecule has 8 aromatic carbocycles. The first-order valence-electron chi connectivity index (χ1n) is 19.7. The molecule has 0 amide bonds. The normalized spacial score (nSPS) is 15.6. The number of nitrogens with one attached hydrogen (secondary N) is 1. The molecule has 2 aliphatic carbocycles.